The van der Waals surface area contributed by atoms with Crippen LogP contribution in [0.25, 0.3) is 0 Å². The lowest BCUT2D eigenvalue weighted by Gasteiger charge is -2.17. The Morgan fingerprint density at radius 2 is 1.96 bits per heavy atom. The third-order valence-electron chi connectivity index (χ3n) is 3.52. The van der Waals surface area contributed by atoms with Crippen molar-refractivity contribution in [3.8, 4) is 0 Å². The maximum atomic E-state index is 11.6. The molecule has 1 saturated carbocycles. The van der Waals surface area contributed by atoms with Gasteiger partial charge in [-0.25, -0.2) is 4.79 Å². The average molecular weight is 456 g/mol. The van der Waals surface area contributed by atoms with Gasteiger partial charge in [-0.1, -0.05) is 0 Å². The van der Waals surface area contributed by atoms with E-state index in [1.165, 1.54) is 0 Å². The monoisotopic (exact) mass is 456 g/mol. The van der Waals surface area contributed by atoms with Crippen LogP contribution in [0.15, 0.2) is 4.99 Å². The highest BCUT2D eigenvalue weighted by atomic mass is 127. The van der Waals surface area contributed by atoms with Crippen molar-refractivity contribution in [2.75, 3.05) is 39.5 Å². The lowest BCUT2D eigenvalue weighted by atomic mass is 10.2. The molecule has 142 valence electrons. The van der Waals surface area contributed by atoms with Crippen LogP contribution < -0.4 is 16.0 Å². The fraction of sp³-hybridized carbons (Fsp3) is 0.875. The van der Waals surface area contributed by atoms with Gasteiger partial charge in [0.05, 0.1) is 19.2 Å². The van der Waals surface area contributed by atoms with Gasteiger partial charge in [-0.05, 0) is 46.0 Å². The molecular weight excluding hydrogens is 423 g/mol. The minimum Gasteiger partial charge on any atom is -0.450 e. The number of hydrogen-bond donors (Lipinski definition) is 3. The Morgan fingerprint density at radius 3 is 2.54 bits per heavy atom. The summed E-state index contributed by atoms with van der Waals surface area (Å²) in [6.07, 6.45) is 2.87. The first-order valence-corrected chi connectivity index (χ1v) is 8.74. The molecule has 1 aliphatic carbocycles. The maximum absolute atomic E-state index is 11.6. The van der Waals surface area contributed by atoms with Crippen LogP contribution in [0.4, 0.5) is 4.79 Å². The summed E-state index contributed by atoms with van der Waals surface area (Å²) in [5.74, 6) is 1.30. The minimum absolute atomic E-state index is 0. The van der Waals surface area contributed by atoms with Gasteiger partial charge in [0.1, 0.15) is 0 Å². The molecular formula is C16H33IN4O3. The first-order chi connectivity index (χ1) is 11.2. The van der Waals surface area contributed by atoms with Crippen LogP contribution in [-0.2, 0) is 9.47 Å². The summed E-state index contributed by atoms with van der Waals surface area (Å²) < 4.78 is 10.3. The van der Waals surface area contributed by atoms with E-state index in [0.717, 1.165) is 51.5 Å². The van der Waals surface area contributed by atoms with Crippen LogP contribution in [-0.4, -0.2) is 57.5 Å². The van der Waals surface area contributed by atoms with Crippen molar-refractivity contribution >= 4 is 36.0 Å². The molecule has 8 heteroatoms. The summed E-state index contributed by atoms with van der Waals surface area (Å²) in [6, 6.07) is 0.0490. The third kappa shape index (κ3) is 10.9. The van der Waals surface area contributed by atoms with Crippen LogP contribution in [0.2, 0.25) is 0 Å². The molecule has 0 saturated heterocycles. The van der Waals surface area contributed by atoms with Gasteiger partial charge in [-0.15, -0.1) is 24.0 Å². The molecule has 0 aromatic carbocycles. The van der Waals surface area contributed by atoms with Crippen LogP contribution in [0, 0.1) is 5.92 Å². The first kappa shape index (κ1) is 23.2. The molecule has 3 N–H and O–H groups in total. The van der Waals surface area contributed by atoms with Crippen LogP contribution >= 0.6 is 24.0 Å². The SMILES string of the molecule is CCNC(=NCC(NC(=O)OCC)C1CC1)NCCCOCC.I. The predicted octanol–water partition coefficient (Wildman–Crippen LogP) is 2.11. The van der Waals surface area contributed by atoms with Crippen molar-refractivity contribution in [2.45, 2.75) is 46.1 Å². The van der Waals surface area contributed by atoms with Gasteiger partial charge in [0, 0.05) is 26.3 Å². The molecule has 0 aliphatic heterocycles. The van der Waals surface area contributed by atoms with Crippen molar-refractivity contribution in [1.29, 1.82) is 0 Å². The predicted molar refractivity (Wildman–Crippen MR) is 107 cm³/mol. The van der Waals surface area contributed by atoms with E-state index in [-0.39, 0.29) is 36.1 Å². The molecule has 0 aromatic rings. The number of nitrogens with zero attached hydrogens (tertiary/aromatic N) is 1. The summed E-state index contributed by atoms with van der Waals surface area (Å²) in [5, 5.41) is 9.43. The number of ether oxygens (including phenoxy) is 2. The van der Waals surface area contributed by atoms with Crippen molar-refractivity contribution < 1.29 is 14.3 Å². The molecule has 0 bridgehead atoms. The summed E-state index contributed by atoms with van der Waals surface area (Å²) in [6.45, 7) is 9.89. The van der Waals surface area contributed by atoms with Crippen LogP contribution in [0.5, 0.6) is 0 Å². The number of amides is 1. The second kappa shape index (κ2) is 14.6. The Kier molecular flexibility index (Phi) is 14.1. The topological polar surface area (TPSA) is 84.0 Å². The lowest BCUT2D eigenvalue weighted by molar-refractivity contribution is 0.145. The van der Waals surface area contributed by atoms with Gasteiger partial charge < -0.3 is 25.4 Å². The van der Waals surface area contributed by atoms with Crippen molar-refractivity contribution in [3.05, 3.63) is 0 Å². The van der Waals surface area contributed by atoms with Crippen molar-refractivity contribution in [3.63, 3.8) is 0 Å². The van der Waals surface area contributed by atoms with E-state index in [1.807, 2.05) is 13.8 Å². The van der Waals surface area contributed by atoms with E-state index in [2.05, 4.69) is 20.9 Å². The van der Waals surface area contributed by atoms with Gasteiger partial charge in [-0.2, -0.15) is 0 Å². The zero-order chi connectivity index (χ0) is 16.9. The Morgan fingerprint density at radius 1 is 1.21 bits per heavy atom. The molecule has 0 radical (unpaired) electrons. The van der Waals surface area contributed by atoms with E-state index < -0.39 is 0 Å². The van der Waals surface area contributed by atoms with E-state index >= 15 is 0 Å². The molecule has 1 fully saturated rings. The van der Waals surface area contributed by atoms with E-state index in [4.69, 9.17) is 9.47 Å². The third-order valence-corrected chi connectivity index (χ3v) is 3.52. The van der Waals surface area contributed by atoms with Gasteiger partial charge in [0.15, 0.2) is 5.96 Å². The summed E-state index contributed by atoms with van der Waals surface area (Å²) in [7, 11) is 0. The van der Waals surface area contributed by atoms with Crippen molar-refractivity contribution in [1.82, 2.24) is 16.0 Å². The number of halogens is 1. The number of guanidine groups is 1. The number of carbonyl (C=O) groups excluding carboxylic acids is 1. The van der Waals surface area contributed by atoms with Gasteiger partial charge in [0.2, 0.25) is 0 Å². The van der Waals surface area contributed by atoms with Crippen LogP contribution in [0.1, 0.15) is 40.0 Å². The summed E-state index contributed by atoms with van der Waals surface area (Å²) in [4.78, 5) is 16.2. The number of carbonyl (C=O) groups is 1. The lowest BCUT2D eigenvalue weighted by Crippen LogP contribution is -2.42. The van der Waals surface area contributed by atoms with Gasteiger partial charge in [0.25, 0.3) is 0 Å². The van der Waals surface area contributed by atoms with Crippen molar-refractivity contribution in [2.24, 2.45) is 10.9 Å². The summed E-state index contributed by atoms with van der Waals surface area (Å²) in [5.41, 5.74) is 0. The van der Waals surface area contributed by atoms with E-state index in [9.17, 15) is 4.79 Å². The molecule has 1 rings (SSSR count). The molecule has 0 heterocycles. The number of aliphatic imine (C=N–C) groups is 1. The van der Waals surface area contributed by atoms with E-state index in [1.54, 1.807) is 6.92 Å². The standard InChI is InChI=1S/C16H32N4O3.HI/c1-4-17-15(18-10-7-11-22-5-2)19-12-14(13-8-9-13)20-16(21)23-6-3;/h13-14H,4-12H2,1-3H3,(H,20,21)(H2,17,18,19);1H. The largest absolute Gasteiger partial charge is 0.450 e. The number of hydrogen-bond acceptors (Lipinski definition) is 4. The fourth-order valence-electron chi connectivity index (χ4n) is 2.19. The Bertz CT molecular complexity index is 365. The number of nitrogens with one attached hydrogen (secondary N) is 3. The second-order valence-electron chi connectivity index (χ2n) is 5.51. The highest BCUT2D eigenvalue weighted by Crippen LogP contribution is 2.32. The second-order valence-corrected chi connectivity index (χ2v) is 5.51. The molecule has 0 spiro atoms. The van der Waals surface area contributed by atoms with E-state index in [0.29, 0.717) is 19.1 Å². The van der Waals surface area contributed by atoms with Gasteiger partial charge >= 0.3 is 6.09 Å². The zero-order valence-electron chi connectivity index (χ0n) is 15.1. The molecule has 1 atom stereocenters. The highest BCUT2D eigenvalue weighted by molar-refractivity contribution is 14.0. The number of rotatable bonds is 11. The Balaban J connectivity index is 0.00000529. The fourth-order valence-corrected chi connectivity index (χ4v) is 2.19. The highest BCUT2D eigenvalue weighted by Gasteiger charge is 2.32. The molecule has 7 nitrogen and oxygen atoms in total. The van der Waals surface area contributed by atoms with Crippen LogP contribution in [0.3, 0.4) is 0 Å². The molecule has 24 heavy (non-hydrogen) atoms. The Hall–Kier alpha value is -0.770. The Labute approximate surface area is 162 Å². The quantitative estimate of drug-likeness (QED) is 0.192. The molecule has 1 amide bonds. The number of alkyl carbamates (subject to hydrolysis) is 1. The normalized spacial score (nSPS) is 15.2. The zero-order valence-corrected chi connectivity index (χ0v) is 17.4. The average Bonchev–Trinajstić information content (AvgIpc) is 3.36. The first-order valence-electron chi connectivity index (χ1n) is 8.74. The minimum atomic E-state index is -0.353. The molecule has 1 unspecified atom stereocenters. The van der Waals surface area contributed by atoms with Gasteiger partial charge in [-0.3, -0.25) is 4.99 Å². The molecule has 1 aliphatic rings. The smallest absolute Gasteiger partial charge is 0.407 e. The molecule has 0 aromatic heterocycles. The summed E-state index contributed by atoms with van der Waals surface area (Å²) >= 11 is 0. The maximum Gasteiger partial charge on any atom is 0.407 e.